The predicted molar refractivity (Wildman–Crippen MR) is 110 cm³/mol. The Morgan fingerprint density at radius 1 is 1.12 bits per heavy atom. The molecule has 0 atom stereocenters. The van der Waals surface area contributed by atoms with Crippen LogP contribution in [0.25, 0.3) is 0 Å². The average molecular weight is 427 g/mol. The Hall–Kier alpha value is -2.24. The maximum absolute atomic E-state index is 12.7. The number of phenols is 1. The molecule has 0 heterocycles. The number of anilines is 1. The molecule has 1 amide bonds. The lowest BCUT2D eigenvalue weighted by Gasteiger charge is -2.14. The van der Waals surface area contributed by atoms with Gasteiger partial charge in [-0.25, -0.2) is 0 Å². The molecule has 0 aromatic heterocycles. The smallest absolute Gasteiger partial charge is 0.259 e. The van der Waals surface area contributed by atoms with Crippen LogP contribution < -0.4 is 10.8 Å². The SMILES string of the molecule is [B]c1cc(Br)cc(C(=O)Nc2cc(Cl)ccc2Cc2ccccc2)c1O. The lowest BCUT2D eigenvalue weighted by atomic mass is 9.92. The van der Waals surface area contributed by atoms with E-state index < -0.39 is 5.91 Å². The molecule has 0 saturated heterocycles. The molecule has 128 valence electrons. The Morgan fingerprint density at radius 2 is 1.85 bits per heavy atom. The van der Waals surface area contributed by atoms with Crippen molar-refractivity contribution >= 4 is 52.4 Å². The zero-order valence-electron chi connectivity index (χ0n) is 13.7. The molecule has 0 spiro atoms. The molecule has 3 nitrogen and oxygen atoms in total. The Bertz CT molecular complexity index is 964. The fourth-order valence-electron chi connectivity index (χ4n) is 2.62. The summed E-state index contributed by atoms with van der Waals surface area (Å²) in [5, 5.41) is 13.4. The lowest BCUT2D eigenvalue weighted by molar-refractivity contribution is 0.102. The topological polar surface area (TPSA) is 49.3 Å². The van der Waals surface area contributed by atoms with E-state index in [0.29, 0.717) is 21.6 Å². The van der Waals surface area contributed by atoms with Crippen LogP contribution in [0.5, 0.6) is 5.75 Å². The predicted octanol–water partition coefficient (Wildman–Crippen LogP) is 4.45. The first kappa shape index (κ1) is 18.6. The van der Waals surface area contributed by atoms with E-state index in [1.807, 2.05) is 36.4 Å². The molecule has 3 aromatic carbocycles. The van der Waals surface area contributed by atoms with Crippen molar-refractivity contribution in [3.05, 3.63) is 86.8 Å². The number of phenolic OH excluding ortho intramolecular Hbond substituents is 1. The van der Waals surface area contributed by atoms with Gasteiger partial charge in [-0.15, -0.1) is 0 Å². The van der Waals surface area contributed by atoms with Crippen LogP contribution in [0, 0.1) is 0 Å². The second kappa shape index (κ2) is 7.98. The van der Waals surface area contributed by atoms with Crippen LogP contribution in [-0.2, 0) is 6.42 Å². The van der Waals surface area contributed by atoms with Gasteiger partial charge in [-0.2, -0.15) is 0 Å². The molecule has 3 rings (SSSR count). The Kier molecular flexibility index (Phi) is 5.69. The highest BCUT2D eigenvalue weighted by Gasteiger charge is 2.16. The van der Waals surface area contributed by atoms with E-state index in [9.17, 15) is 9.90 Å². The van der Waals surface area contributed by atoms with Gasteiger partial charge in [-0.1, -0.05) is 75.5 Å². The van der Waals surface area contributed by atoms with Crippen molar-refractivity contribution in [2.45, 2.75) is 6.42 Å². The minimum Gasteiger partial charge on any atom is -0.508 e. The summed E-state index contributed by atoms with van der Waals surface area (Å²) < 4.78 is 0.605. The van der Waals surface area contributed by atoms with E-state index in [1.54, 1.807) is 12.1 Å². The molecule has 2 radical (unpaired) electrons. The molecule has 0 bridgehead atoms. The first-order chi connectivity index (χ1) is 12.4. The van der Waals surface area contributed by atoms with E-state index in [4.69, 9.17) is 19.4 Å². The minimum atomic E-state index is -0.466. The number of carbonyl (C=O) groups is 1. The van der Waals surface area contributed by atoms with Crippen LogP contribution >= 0.6 is 27.5 Å². The molecular weight excluding hydrogens is 412 g/mol. The summed E-state index contributed by atoms with van der Waals surface area (Å²) in [5.41, 5.74) is 2.82. The summed E-state index contributed by atoms with van der Waals surface area (Å²) in [6.45, 7) is 0. The largest absolute Gasteiger partial charge is 0.508 e. The summed E-state index contributed by atoms with van der Waals surface area (Å²) in [6, 6.07) is 18.3. The van der Waals surface area contributed by atoms with Gasteiger partial charge in [0.05, 0.1) is 5.56 Å². The van der Waals surface area contributed by atoms with Crippen molar-refractivity contribution < 1.29 is 9.90 Å². The third-order valence-electron chi connectivity index (χ3n) is 3.91. The second-order valence-electron chi connectivity index (χ2n) is 5.81. The van der Waals surface area contributed by atoms with Gasteiger partial charge in [0, 0.05) is 15.2 Å². The number of benzene rings is 3. The molecular formula is C20H14BBrClNO2. The number of nitrogens with one attached hydrogen (secondary N) is 1. The van der Waals surface area contributed by atoms with Crippen molar-refractivity contribution in [2.75, 3.05) is 5.32 Å². The fraction of sp³-hybridized carbons (Fsp3) is 0.0500. The van der Waals surface area contributed by atoms with Crippen molar-refractivity contribution in [3.63, 3.8) is 0 Å². The molecule has 0 aliphatic heterocycles. The number of rotatable bonds is 4. The van der Waals surface area contributed by atoms with Gasteiger partial charge in [-0.05, 0) is 35.7 Å². The highest BCUT2D eigenvalue weighted by Crippen LogP contribution is 2.26. The quantitative estimate of drug-likeness (QED) is 0.606. The maximum atomic E-state index is 12.7. The van der Waals surface area contributed by atoms with Crippen molar-refractivity contribution in [1.29, 1.82) is 0 Å². The van der Waals surface area contributed by atoms with Crippen LogP contribution in [0.3, 0.4) is 0 Å². The Labute approximate surface area is 166 Å². The van der Waals surface area contributed by atoms with Gasteiger partial charge in [0.1, 0.15) is 13.6 Å². The number of hydrogen-bond donors (Lipinski definition) is 2. The molecule has 0 unspecified atom stereocenters. The summed E-state index contributed by atoms with van der Waals surface area (Å²) in [7, 11) is 5.73. The van der Waals surface area contributed by atoms with Crippen LogP contribution in [0.4, 0.5) is 5.69 Å². The Morgan fingerprint density at radius 3 is 2.58 bits per heavy atom. The monoisotopic (exact) mass is 425 g/mol. The zero-order valence-corrected chi connectivity index (χ0v) is 16.0. The number of amides is 1. The van der Waals surface area contributed by atoms with Crippen LogP contribution in [0.15, 0.2) is 65.1 Å². The summed E-state index contributed by atoms with van der Waals surface area (Å²) >= 11 is 9.38. The second-order valence-corrected chi connectivity index (χ2v) is 7.16. The van der Waals surface area contributed by atoms with Crippen molar-refractivity contribution in [2.24, 2.45) is 0 Å². The van der Waals surface area contributed by atoms with E-state index in [0.717, 1.165) is 11.1 Å². The molecule has 3 aromatic rings. The number of aromatic hydroxyl groups is 1. The summed E-state index contributed by atoms with van der Waals surface area (Å²) in [5.74, 6) is -0.718. The fourth-order valence-corrected chi connectivity index (χ4v) is 3.27. The highest BCUT2D eigenvalue weighted by atomic mass is 79.9. The highest BCUT2D eigenvalue weighted by molar-refractivity contribution is 9.10. The maximum Gasteiger partial charge on any atom is 0.259 e. The number of halogens is 2. The average Bonchev–Trinajstić information content (AvgIpc) is 2.61. The van der Waals surface area contributed by atoms with E-state index in [1.165, 1.54) is 12.1 Å². The molecule has 6 heteroatoms. The normalized spacial score (nSPS) is 10.5. The minimum absolute atomic E-state index is 0.0857. The first-order valence-corrected chi connectivity index (χ1v) is 9.03. The zero-order chi connectivity index (χ0) is 18.7. The number of hydrogen-bond acceptors (Lipinski definition) is 2. The van der Waals surface area contributed by atoms with Crippen molar-refractivity contribution in [3.8, 4) is 5.75 Å². The third-order valence-corrected chi connectivity index (χ3v) is 4.60. The standard InChI is InChI=1S/C20H14BBrClNO2/c21-17-10-14(22)9-16(19(17)25)20(26)24-18-11-15(23)7-6-13(18)8-12-4-2-1-3-5-12/h1-7,9-11,25H,8H2,(H,24,26). The molecule has 0 aliphatic rings. The van der Waals surface area contributed by atoms with E-state index in [-0.39, 0.29) is 16.8 Å². The van der Waals surface area contributed by atoms with Gasteiger partial charge in [0.25, 0.3) is 5.91 Å². The Balaban J connectivity index is 1.92. The van der Waals surface area contributed by atoms with Gasteiger partial charge < -0.3 is 10.4 Å². The van der Waals surface area contributed by atoms with Gasteiger partial charge in [0.2, 0.25) is 0 Å². The lowest BCUT2D eigenvalue weighted by Crippen LogP contribution is -2.17. The molecule has 0 fully saturated rings. The van der Waals surface area contributed by atoms with Crippen LogP contribution in [0.1, 0.15) is 21.5 Å². The molecule has 0 saturated carbocycles. The van der Waals surface area contributed by atoms with Crippen LogP contribution in [0.2, 0.25) is 5.02 Å². The third kappa shape index (κ3) is 4.29. The summed E-state index contributed by atoms with van der Waals surface area (Å²) in [6.07, 6.45) is 0.639. The molecule has 0 aliphatic carbocycles. The van der Waals surface area contributed by atoms with Gasteiger partial charge in [0.15, 0.2) is 0 Å². The van der Waals surface area contributed by atoms with Crippen LogP contribution in [-0.4, -0.2) is 18.9 Å². The molecule has 2 N–H and O–H groups in total. The van der Waals surface area contributed by atoms with Crippen molar-refractivity contribution in [1.82, 2.24) is 0 Å². The van der Waals surface area contributed by atoms with E-state index >= 15 is 0 Å². The molecule has 26 heavy (non-hydrogen) atoms. The number of carbonyl (C=O) groups excluding carboxylic acids is 1. The summed E-state index contributed by atoms with van der Waals surface area (Å²) in [4.78, 5) is 12.7. The van der Waals surface area contributed by atoms with E-state index in [2.05, 4.69) is 21.2 Å². The first-order valence-electron chi connectivity index (χ1n) is 7.85. The van der Waals surface area contributed by atoms with Gasteiger partial charge in [-0.3, -0.25) is 4.79 Å². The van der Waals surface area contributed by atoms with Gasteiger partial charge >= 0.3 is 0 Å².